The molecule has 1 saturated heterocycles. The van der Waals surface area contributed by atoms with E-state index >= 15 is 0 Å². The van der Waals surface area contributed by atoms with Crippen LogP contribution in [0.15, 0.2) is 64.7 Å². The summed E-state index contributed by atoms with van der Waals surface area (Å²) < 4.78 is 11.5. The summed E-state index contributed by atoms with van der Waals surface area (Å²) in [6.07, 6.45) is 3.33. The summed E-state index contributed by atoms with van der Waals surface area (Å²) in [6.45, 7) is 2.99. The van der Waals surface area contributed by atoms with E-state index in [0.29, 0.717) is 40.3 Å². The number of halogens is 2. The number of aryl methyl sites for hydroxylation is 1. The summed E-state index contributed by atoms with van der Waals surface area (Å²) in [5.74, 6) is 0.125. The van der Waals surface area contributed by atoms with Crippen molar-refractivity contribution in [1.29, 1.82) is 0 Å². The van der Waals surface area contributed by atoms with E-state index in [1.165, 1.54) is 6.08 Å². The van der Waals surface area contributed by atoms with Crippen molar-refractivity contribution in [2.45, 2.75) is 25.9 Å². The fourth-order valence-electron chi connectivity index (χ4n) is 3.54. The molecule has 1 atom stereocenters. The maximum Gasteiger partial charge on any atom is 0.268 e. The number of hydrogen-bond donors (Lipinski definition) is 2. The molecular formula is C26H24Cl2N2O4. The van der Waals surface area contributed by atoms with Crippen molar-refractivity contribution in [3.8, 4) is 11.3 Å². The van der Waals surface area contributed by atoms with Crippen LogP contribution in [0, 0.1) is 6.92 Å². The molecule has 3 aromatic rings. The van der Waals surface area contributed by atoms with E-state index in [1.807, 2.05) is 19.1 Å². The summed E-state index contributed by atoms with van der Waals surface area (Å²) in [5.41, 5.74) is 2.28. The van der Waals surface area contributed by atoms with Crippen molar-refractivity contribution in [3.63, 3.8) is 0 Å². The zero-order valence-corrected chi connectivity index (χ0v) is 20.1. The zero-order chi connectivity index (χ0) is 24.1. The molecule has 8 heteroatoms. The summed E-state index contributed by atoms with van der Waals surface area (Å²) in [6, 6.07) is 15.7. The van der Waals surface area contributed by atoms with Crippen LogP contribution in [0.3, 0.4) is 0 Å². The first-order valence-corrected chi connectivity index (χ1v) is 11.7. The lowest BCUT2D eigenvalue weighted by molar-refractivity contribution is -0.118. The third-order valence-corrected chi connectivity index (χ3v) is 6.18. The number of amides is 2. The van der Waals surface area contributed by atoms with Gasteiger partial charge in [-0.1, -0.05) is 40.9 Å². The molecule has 0 spiro atoms. The molecule has 0 saturated carbocycles. The van der Waals surface area contributed by atoms with Crippen LogP contribution in [0.2, 0.25) is 10.0 Å². The van der Waals surface area contributed by atoms with E-state index < -0.39 is 11.8 Å². The van der Waals surface area contributed by atoms with Crippen molar-refractivity contribution in [3.05, 3.63) is 87.2 Å². The number of rotatable bonds is 7. The molecule has 4 rings (SSSR count). The average Bonchev–Trinajstić information content (AvgIpc) is 3.51. The number of carbonyl (C=O) groups excluding carboxylic acids is 2. The smallest absolute Gasteiger partial charge is 0.268 e. The maximum absolute atomic E-state index is 13.0. The highest BCUT2D eigenvalue weighted by atomic mass is 35.5. The first kappa shape index (κ1) is 24.1. The molecule has 1 aliphatic heterocycles. The van der Waals surface area contributed by atoms with Crippen LogP contribution in [0.1, 0.15) is 34.5 Å². The van der Waals surface area contributed by atoms with E-state index in [2.05, 4.69) is 10.6 Å². The van der Waals surface area contributed by atoms with E-state index in [4.69, 9.17) is 32.4 Å². The standard InChI is InChI=1S/C26H24Cl2N2O4/c1-16-4-6-17(7-5-16)25(31)30-23(26(32)29-15-20-3-2-12-33-20)14-19-9-11-24(34-19)18-8-10-21(27)22(28)13-18/h4-11,13-14,20H,2-3,12,15H2,1H3,(H,29,32)(H,30,31). The first-order chi connectivity index (χ1) is 16.4. The van der Waals surface area contributed by atoms with Gasteiger partial charge in [0.2, 0.25) is 0 Å². The summed E-state index contributed by atoms with van der Waals surface area (Å²) in [7, 11) is 0. The van der Waals surface area contributed by atoms with Gasteiger partial charge in [-0.05, 0) is 62.2 Å². The molecule has 1 fully saturated rings. The molecule has 1 aliphatic rings. The van der Waals surface area contributed by atoms with Gasteiger partial charge in [-0.15, -0.1) is 0 Å². The number of carbonyl (C=O) groups is 2. The van der Waals surface area contributed by atoms with Gasteiger partial charge in [0.15, 0.2) is 0 Å². The first-order valence-electron chi connectivity index (χ1n) is 10.9. The molecular weight excluding hydrogens is 475 g/mol. The summed E-state index contributed by atoms with van der Waals surface area (Å²) >= 11 is 12.1. The Morgan fingerprint density at radius 1 is 1.06 bits per heavy atom. The van der Waals surface area contributed by atoms with Crippen LogP contribution in [-0.2, 0) is 9.53 Å². The molecule has 2 heterocycles. The van der Waals surface area contributed by atoms with Gasteiger partial charge in [-0.25, -0.2) is 0 Å². The lowest BCUT2D eigenvalue weighted by atomic mass is 10.1. The Morgan fingerprint density at radius 3 is 2.56 bits per heavy atom. The Hall–Kier alpha value is -3.06. The second-order valence-corrected chi connectivity index (χ2v) is 8.87. The quantitative estimate of drug-likeness (QED) is 0.413. The summed E-state index contributed by atoms with van der Waals surface area (Å²) in [5, 5.41) is 6.41. The fraction of sp³-hybridized carbons (Fsp3) is 0.231. The number of hydrogen-bond acceptors (Lipinski definition) is 4. The topological polar surface area (TPSA) is 80.6 Å². The molecule has 176 valence electrons. The summed E-state index contributed by atoms with van der Waals surface area (Å²) in [4.78, 5) is 25.8. The monoisotopic (exact) mass is 498 g/mol. The maximum atomic E-state index is 13.0. The Morgan fingerprint density at radius 2 is 1.85 bits per heavy atom. The highest BCUT2D eigenvalue weighted by Crippen LogP contribution is 2.30. The van der Waals surface area contributed by atoms with Crippen LogP contribution >= 0.6 is 23.2 Å². The lowest BCUT2D eigenvalue weighted by Gasteiger charge is -2.13. The van der Waals surface area contributed by atoms with Gasteiger partial charge in [0, 0.05) is 30.4 Å². The molecule has 0 radical (unpaired) electrons. The van der Waals surface area contributed by atoms with E-state index in [1.54, 1.807) is 42.5 Å². The van der Waals surface area contributed by atoms with E-state index in [-0.39, 0.29) is 11.8 Å². The normalized spacial score (nSPS) is 15.9. The third kappa shape index (κ3) is 6.08. The van der Waals surface area contributed by atoms with Gasteiger partial charge in [-0.3, -0.25) is 9.59 Å². The molecule has 34 heavy (non-hydrogen) atoms. The average molecular weight is 499 g/mol. The van der Waals surface area contributed by atoms with Crippen molar-refractivity contribution in [2.24, 2.45) is 0 Å². The Kier molecular flexibility index (Phi) is 7.73. The minimum atomic E-state index is -0.427. The Bertz CT molecular complexity index is 1210. The lowest BCUT2D eigenvalue weighted by Crippen LogP contribution is -2.38. The van der Waals surface area contributed by atoms with Gasteiger partial charge in [0.1, 0.15) is 17.2 Å². The predicted molar refractivity (Wildman–Crippen MR) is 133 cm³/mol. The third-order valence-electron chi connectivity index (χ3n) is 5.44. The van der Waals surface area contributed by atoms with Crippen molar-refractivity contribution >= 4 is 41.1 Å². The molecule has 2 amide bonds. The number of furan rings is 1. The van der Waals surface area contributed by atoms with Gasteiger partial charge in [0.25, 0.3) is 11.8 Å². The Labute approximate surface area is 207 Å². The SMILES string of the molecule is Cc1ccc(C(=O)NC(=Cc2ccc(-c3ccc(Cl)c(Cl)c3)o2)C(=O)NCC2CCCO2)cc1. The minimum absolute atomic E-state index is 0.0251. The fourth-order valence-corrected chi connectivity index (χ4v) is 3.84. The van der Waals surface area contributed by atoms with Gasteiger partial charge >= 0.3 is 0 Å². The van der Waals surface area contributed by atoms with Crippen LogP contribution in [0.4, 0.5) is 0 Å². The molecule has 0 bridgehead atoms. The second-order valence-electron chi connectivity index (χ2n) is 8.05. The molecule has 1 unspecified atom stereocenters. The van der Waals surface area contributed by atoms with Gasteiger partial charge in [-0.2, -0.15) is 0 Å². The molecule has 6 nitrogen and oxygen atoms in total. The molecule has 2 aromatic carbocycles. The number of ether oxygens (including phenoxy) is 1. The van der Waals surface area contributed by atoms with Crippen molar-refractivity contribution in [2.75, 3.05) is 13.2 Å². The predicted octanol–water partition coefficient (Wildman–Crippen LogP) is 5.63. The largest absolute Gasteiger partial charge is 0.457 e. The van der Waals surface area contributed by atoms with E-state index in [0.717, 1.165) is 24.0 Å². The number of benzene rings is 2. The van der Waals surface area contributed by atoms with Crippen LogP contribution < -0.4 is 10.6 Å². The van der Waals surface area contributed by atoms with Gasteiger partial charge in [0.05, 0.1) is 16.1 Å². The van der Waals surface area contributed by atoms with E-state index in [9.17, 15) is 9.59 Å². The molecule has 0 aliphatic carbocycles. The van der Waals surface area contributed by atoms with Crippen LogP contribution in [0.25, 0.3) is 17.4 Å². The van der Waals surface area contributed by atoms with Gasteiger partial charge < -0.3 is 19.8 Å². The highest BCUT2D eigenvalue weighted by Gasteiger charge is 2.20. The van der Waals surface area contributed by atoms with Crippen LogP contribution in [0.5, 0.6) is 0 Å². The second kappa shape index (κ2) is 10.9. The molecule has 2 N–H and O–H groups in total. The Balaban J connectivity index is 1.56. The minimum Gasteiger partial charge on any atom is -0.457 e. The molecule has 1 aromatic heterocycles. The zero-order valence-electron chi connectivity index (χ0n) is 18.6. The van der Waals surface area contributed by atoms with Crippen LogP contribution in [-0.4, -0.2) is 31.1 Å². The van der Waals surface area contributed by atoms with Crippen molar-refractivity contribution in [1.82, 2.24) is 10.6 Å². The highest BCUT2D eigenvalue weighted by molar-refractivity contribution is 6.42. The van der Waals surface area contributed by atoms with Crippen molar-refractivity contribution < 1.29 is 18.7 Å². The number of nitrogens with one attached hydrogen (secondary N) is 2.